The number of hydrogen-bond donors (Lipinski definition) is 2. The van der Waals surface area contributed by atoms with Crippen molar-refractivity contribution in [3.63, 3.8) is 0 Å². The second kappa shape index (κ2) is 6.51. The molecule has 0 fully saturated rings. The Morgan fingerprint density at radius 1 is 1.31 bits per heavy atom. The van der Waals surface area contributed by atoms with Gasteiger partial charge in [0.25, 0.3) is 0 Å². The molecule has 0 saturated heterocycles. The third-order valence-electron chi connectivity index (χ3n) is 3.00. The highest BCUT2D eigenvalue weighted by Gasteiger charge is 2.16. The maximum Gasteiger partial charge on any atom is 0.118 e. The second-order valence-electron chi connectivity index (χ2n) is 4.02. The van der Waals surface area contributed by atoms with E-state index < -0.39 is 0 Å². The van der Waals surface area contributed by atoms with Crippen LogP contribution in [0.5, 0.6) is 5.75 Å². The van der Waals surface area contributed by atoms with Crippen LogP contribution in [0, 0.1) is 5.92 Å². The monoisotopic (exact) mass is 222 g/mol. The van der Waals surface area contributed by atoms with Crippen molar-refractivity contribution in [2.75, 3.05) is 20.7 Å². The van der Waals surface area contributed by atoms with Gasteiger partial charge in [0.1, 0.15) is 5.75 Å². The Kier molecular flexibility index (Phi) is 5.29. The van der Waals surface area contributed by atoms with Crippen LogP contribution in [0.4, 0.5) is 0 Å². The Morgan fingerprint density at radius 2 is 1.94 bits per heavy atom. The van der Waals surface area contributed by atoms with Gasteiger partial charge < -0.3 is 15.8 Å². The first-order valence-corrected chi connectivity index (χ1v) is 5.77. The average molecular weight is 222 g/mol. The maximum absolute atomic E-state index is 6.25. The molecule has 1 aromatic carbocycles. The number of benzene rings is 1. The Bertz CT molecular complexity index is 297. The van der Waals surface area contributed by atoms with Gasteiger partial charge in [-0.3, -0.25) is 0 Å². The molecule has 0 bridgehead atoms. The first kappa shape index (κ1) is 13.0. The number of nitrogens with one attached hydrogen (secondary N) is 1. The van der Waals surface area contributed by atoms with Gasteiger partial charge in [-0.1, -0.05) is 25.5 Å². The number of nitrogens with two attached hydrogens (primary N) is 1. The summed E-state index contributed by atoms with van der Waals surface area (Å²) in [6.45, 7) is 3.12. The molecule has 0 aliphatic heterocycles. The average Bonchev–Trinajstić information content (AvgIpc) is 2.35. The van der Waals surface area contributed by atoms with Crippen molar-refractivity contribution in [1.82, 2.24) is 5.32 Å². The van der Waals surface area contributed by atoms with Crippen LogP contribution >= 0.6 is 0 Å². The molecule has 1 rings (SSSR count). The standard InChI is InChI=1S/C13H22N2O/c1-4-10(9-15-2)13(14)11-5-7-12(16-3)8-6-11/h5-8,10,13,15H,4,9,14H2,1-3H3. The van der Waals surface area contributed by atoms with Crippen LogP contribution in [0.25, 0.3) is 0 Å². The highest BCUT2D eigenvalue weighted by molar-refractivity contribution is 5.29. The van der Waals surface area contributed by atoms with E-state index in [9.17, 15) is 0 Å². The molecular formula is C13H22N2O. The first-order valence-electron chi connectivity index (χ1n) is 5.77. The molecule has 1 aromatic rings. The van der Waals surface area contributed by atoms with Gasteiger partial charge in [0.2, 0.25) is 0 Å². The van der Waals surface area contributed by atoms with Gasteiger partial charge in [-0.2, -0.15) is 0 Å². The Hall–Kier alpha value is -1.06. The molecule has 2 unspecified atom stereocenters. The van der Waals surface area contributed by atoms with Gasteiger partial charge in [0.15, 0.2) is 0 Å². The predicted octanol–water partition coefficient (Wildman–Crippen LogP) is 1.94. The minimum atomic E-state index is 0.0864. The van der Waals surface area contributed by atoms with Crippen LogP contribution in [-0.4, -0.2) is 20.7 Å². The molecule has 0 radical (unpaired) electrons. The lowest BCUT2D eigenvalue weighted by molar-refractivity contribution is 0.400. The Morgan fingerprint density at radius 3 is 2.38 bits per heavy atom. The summed E-state index contributed by atoms with van der Waals surface area (Å²) in [6, 6.07) is 8.09. The summed E-state index contributed by atoms with van der Waals surface area (Å²) in [7, 11) is 3.63. The number of rotatable bonds is 6. The number of methoxy groups -OCH3 is 1. The fourth-order valence-corrected chi connectivity index (χ4v) is 1.89. The lowest BCUT2D eigenvalue weighted by atomic mass is 9.91. The van der Waals surface area contributed by atoms with E-state index in [2.05, 4.69) is 12.2 Å². The largest absolute Gasteiger partial charge is 0.497 e. The van der Waals surface area contributed by atoms with Crippen LogP contribution in [0.2, 0.25) is 0 Å². The first-order chi connectivity index (χ1) is 7.72. The highest BCUT2D eigenvalue weighted by Crippen LogP contribution is 2.23. The molecule has 0 amide bonds. The Balaban J connectivity index is 2.73. The van der Waals surface area contributed by atoms with Crippen molar-refractivity contribution in [3.05, 3.63) is 29.8 Å². The normalized spacial score (nSPS) is 14.5. The van der Waals surface area contributed by atoms with Gasteiger partial charge in [-0.25, -0.2) is 0 Å². The summed E-state index contributed by atoms with van der Waals surface area (Å²) in [5.41, 5.74) is 7.42. The van der Waals surface area contributed by atoms with E-state index in [4.69, 9.17) is 10.5 Å². The van der Waals surface area contributed by atoms with Crippen molar-refractivity contribution in [3.8, 4) is 5.75 Å². The molecule has 0 spiro atoms. The smallest absolute Gasteiger partial charge is 0.118 e. The lowest BCUT2D eigenvalue weighted by Gasteiger charge is -2.22. The molecule has 0 aliphatic carbocycles. The summed E-state index contributed by atoms with van der Waals surface area (Å²) in [6.07, 6.45) is 1.08. The number of ether oxygens (including phenoxy) is 1. The van der Waals surface area contributed by atoms with E-state index >= 15 is 0 Å². The molecule has 3 N–H and O–H groups in total. The van der Waals surface area contributed by atoms with E-state index in [1.54, 1.807) is 7.11 Å². The summed E-state index contributed by atoms with van der Waals surface area (Å²) >= 11 is 0. The highest BCUT2D eigenvalue weighted by atomic mass is 16.5. The second-order valence-corrected chi connectivity index (χ2v) is 4.02. The van der Waals surface area contributed by atoms with E-state index in [-0.39, 0.29) is 6.04 Å². The van der Waals surface area contributed by atoms with Crippen molar-refractivity contribution in [1.29, 1.82) is 0 Å². The Labute approximate surface area is 98.0 Å². The van der Waals surface area contributed by atoms with Gasteiger partial charge in [0, 0.05) is 6.04 Å². The molecule has 16 heavy (non-hydrogen) atoms. The zero-order chi connectivity index (χ0) is 12.0. The van der Waals surface area contributed by atoms with Gasteiger partial charge in [-0.05, 0) is 37.2 Å². The molecule has 0 aliphatic rings. The molecule has 0 heterocycles. The minimum absolute atomic E-state index is 0.0864. The van der Waals surface area contributed by atoms with Crippen LogP contribution in [-0.2, 0) is 0 Å². The molecular weight excluding hydrogens is 200 g/mol. The predicted molar refractivity (Wildman–Crippen MR) is 67.6 cm³/mol. The fraction of sp³-hybridized carbons (Fsp3) is 0.538. The van der Waals surface area contributed by atoms with Crippen molar-refractivity contribution in [2.24, 2.45) is 11.7 Å². The van der Waals surface area contributed by atoms with Crippen LogP contribution in [0.1, 0.15) is 24.9 Å². The zero-order valence-electron chi connectivity index (χ0n) is 10.4. The lowest BCUT2D eigenvalue weighted by Crippen LogP contribution is -2.29. The molecule has 0 saturated carbocycles. The van der Waals surface area contributed by atoms with Crippen LogP contribution in [0.15, 0.2) is 24.3 Å². The van der Waals surface area contributed by atoms with E-state index in [0.29, 0.717) is 5.92 Å². The van der Waals surface area contributed by atoms with E-state index in [1.807, 2.05) is 31.3 Å². The van der Waals surface area contributed by atoms with Crippen molar-refractivity contribution < 1.29 is 4.74 Å². The third kappa shape index (κ3) is 3.22. The van der Waals surface area contributed by atoms with Crippen LogP contribution < -0.4 is 15.8 Å². The van der Waals surface area contributed by atoms with Gasteiger partial charge in [-0.15, -0.1) is 0 Å². The third-order valence-corrected chi connectivity index (χ3v) is 3.00. The minimum Gasteiger partial charge on any atom is -0.497 e. The molecule has 0 aromatic heterocycles. The van der Waals surface area contributed by atoms with E-state index in [1.165, 1.54) is 5.56 Å². The summed E-state index contributed by atoms with van der Waals surface area (Å²) in [5.74, 6) is 1.34. The molecule has 2 atom stereocenters. The summed E-state index contributed by atoms with van der Waals surface area (Å²) < 4.78 is 5.13. The molecule has 90 valence electrons. The summed E-state index contributed by atoms with van der Waals surface area (Å²) in [4.78, 5) is 0. The quantitative estimate of drug-likeness (QED) is 0.773. The van der Waals surface area contributed by atoms with Gasteiger partial charge in [0.05, 0.1) is 7.11 Å². The van der Waals surface area contributed by atoms with Gasteiger partial charge >= 0.3 is 0 Å². The van der Waals surface area contributed by atoms with Crippen molar-refractivity contribution >= 4 is 0 Å². The SMILES string of the molecule is CCC(CNC)C(N)c1ccc(OC)cc1. The topological polar surface area (TPSA) is 47.3 Å². The zero-order valence-corrected chi connectivity index (χ0v) is 10.4. The maximum atomic E-state index is 6.25. The summed E-state index contributed by atoms with van der Waals surface area (Å²) in [5, 5.41) is 3.19. The molecule has 3 nitrogen and oxygen atoms in total. The van der Waals surface area contributed by atoms with Crippen LogP contribution in [0.3, 0.4) is 0 Å². The molecule has 3 heteroatoms. The fourth-order valence-electron chi connectivity index (χ4n) is 1.89. The number of hydrogen-bond acceptors (Lipinski definition) is 3. The van der Waals surface area contributed by atoms with E-state index in [0.717, 1.165) is 18.7 Å². The van der Waals surface area contributed by atoms with Crippen molar-refractivity contribution in [2.45, 2.75) is 19.4 Å².